The molecule has 1 aliphatic carbocycles. The Morgan fingerprint density at radius 1 is 1.39 bits per heavy atom. The van der Waals surface area contributed by atoms with E-state index in [1.165, 1.54) is 12.1 Å². The average molecular weight is 407 g/mol. The van der Waals surface area contributed by atoms with Crippen molar-refractivity contribution >= 4 is 16.1 Å². The summed E-state index contributed by atoms with van der Waals surface area (Å²) >= 11 is 0. The van der Waals surface area contributed by atoms with Crippen LogP contribution in [0.25, 0.3) is 0 Å². The lowest BCUT2D eigenvalue weighted by atomic mass is 9.71. The number of hydrogen-bond donors (Lipinski definition) is 2. The first kappa shape index (κ1) is 19.0. The minimum absolute atomic E-state index is 0.0716. The van der Waals surface area contributed by atoms with Crippen LogP contribution >= 0.6 is 0 Å². The number of rotatable bonds is 5. The largest absolute Gasteiger partial charge is 0.504 e. The normalized spacial score (nSPS) is 26.2. The first-order valence-electron chi connectivity index (χ1n) is 8.92. The molecule has 0 fully saturated rings. The molecule has 28 heavy (non-hydrogen) atoms. The third-order valence-electron chi connectivity index (χ3n) is 5.64. The molecule has 0 radical (unpaired) electrons. The van der Waals surface area contributed by atoms with Gasteiger partial charge in [0.05, 0.1) is 11.6 Å². The highest BCUT2D eigenvalue weighted by Crippen LogP contribution is 2.52. The van der Waals surface area contributed by atoms with Crippen molar-refractivity contribution in [3.63, 3.8) is 0 Å². The Bertz CT molecular complexity index is 998. The van der Waals surface area contributed by atoms with Gasteiger partial charge in [-0.25, -0.2) is 0 Å². The number of methoxy groups -OCH3 is 1. The second-order valence-electron chi connectivity index (χ2n) is 7.21. The summed E-state index contributed by atoms with van der Waals surface area (Å²) in [5, 5.41) is 19.2. The molecule has 2 heterocycles. The van der Waals surface area contributed by atoms with E-state index in [1.54, 1.807) is 7.11 Å². The van der Waals surface area contributed by atoms with Crippen LogP contribution in [-0.4, -0.2) is 61.6 Å². The van der Waals surface area contributed by atoms with Gasteiger partial charge in [0.2, 0.25) is 0 Å². The van der Waals surface area contributed by atoms with E-state index in [0.29, 0.717) is 12.8 Å². The van der Waals surface area contributed by atoms with Gasteiger partial charge in [0.25, 0.3) is 0 Å². The molecule has 2 atom stereocenters. The fraction of sp³-hybridized carbons (Fsp3) is 0.421. The monoisotopic (exact) mass is 407 g/mol. The summed E-state index contributed by atoms with van der Waals surface area (Å²) in [6.45, 7) is 1.56. The number of carboxylic acids is 1. The van der Waals surface area contributed by atoms with E-state index in [4.69, 9.17) is 14.0 Å². The molecular weight excluding hydrogens is 386 g/mol. The number of aromatic hydroxyl groups is 1. The number of ether oxygens (including phenoxy) is 1. The molecule has 0 amide bonds. The van der Waals surface area contributed by atoms with Gasteiger partial charge in [-0.15, -0.1) is 0 Å². The Hall–Kier alpha value is -2.36. The number of carboxylic acid groups (broad SMARTS) is 1. The first-order valence-corrected chi connectivity index (χ1v) is 10.5. The van der Waals surface area contributed by atoms with Crippen molar-refractivity contribution in [1.29, 1.82) is 0 Å². The second kappa shape index (κ2) is 6.61. The number of phenols is 1. The minimum atomic E-state index is -4.35. The number of carbonyl (C=O) groups is 1. The van der Waals surface area contributed by atoms with Crippen LogP contribution in [0.3, 0.4) is 0 Å². The van der Waals surface area contributed by atoms with Gasteiger partial charge in [-0.1, -0.05) is 18.2 Å². The van der Waals surface area contributed by atoms with Crippen molar-refractivity contribution in [3.8, 4) is 11.5 Å². The Kier molecular flexibility index (Phi) is 4.48. The van der Waals surface area contributed by atoms with Gasteiger partial charge in [-0.2, -0.15) is 8.42 Å². The van der Waals surface area contributed by atoms with E-state index < -0.39 is 27.4 Å². The van der Waals surface area contributed by atoms with Crippen molar-refractivity contribution in [2.45, 2.75) is 24.5 Å². The summed E-state index contributed by atoms with van der Waals surface area (Å²) < 4.78 is 34.2. The number of benzene rings is 1. The van der Waals surface area contributed by atoms with Gasteiger partial charge >= 0.3 is 16.1 Å². The lowest BCUT2D eigenvalue weighted by Gasteiger charge is -2.48. The quantitative estimate of drug-likeness (QED) is 0.699. The Labute approximate surface area is 162 Å². The summed E-state index contributed by atoms with van der Waals surface area (Å²) in [7, 11) is -2.69. The number of nitrogens with zero attached hydrogens (tertiary/aromatic N) is 1. The van der Waals surface area contributed by atoms with Gasteiger partial charge in [0.15, 0.2) is 17.3 Å². The third kappa shape index (κ3) is 2.99. The fourth-order valence-electron chi connectivity index (χ4n) is 4.46. The molecule has 2 aliphatic heterocycles. The number of phenolic OH excluding ortho intramolecular Hbond substituents is 1. The van der Waals surface area contributed by atoms with E-state index in [2.05, 4.69) is 11.0 Å². The van der Waals surface area contributed by atoms with Crippen molar-refractivity contribution < 1.29 is 32.3 Å². The Morgan fingerprint density at radius 2 is 2.18 bits per heavy atom. The molecule has 150 valence electrons. The van der Waals surface area contributed by atoms with E-state index in [-0.39, 0.29) is 17.6 Å². The minimum Gasteiger partial charge on any atom is -0.504 e. The smallest absolute Gasteiger partial charge is 0.322 e. The molecule has 2 unspecified atom stereocenters. The van der Waals surface area contributed by atoms with Gasteiger partial charge < -0.3 is 19.1 Å². The van der Waals surface area contributed by atoms with Gasteiger partial charge in [-0.05, 0) is 35.3 Å². The summed E-state index contributed by atoms with van der Waals surface area (Å²) in [6, 6.07) is 3.05. The molecule has 0 aromatic heterocycles. The Morgan fingerprint density at radius 3 is 2.89 bits per heavy atom. The zero-order chi connectivity index (χ0) is 20.1. The van der Waals surface area contributed by atoms with E-state index in [0.717, 1.165) is 29.8 Å². The van der Waals surface area contributed by atoms with Crippen molar-refractivity contribution in [3.05, 3.63) is 47.1 Å². The lowest BCUT2D eigenvalue weighted by Crippen LogP contribution is -2.51. The molecule has 0 saturated heterocycles. The summed E-state index contributed by atoms with van der Waals surface area (Å²) in [5.74, 6) is -3.27. The third-order valence-corrected chi connectivity index (χ3v) is 6.67. The molecular formula is C19H21NO7S. The predicted octanol–water partition coefficient (Wildman–Crippen LogP) is 1.15. The molecule has 2 N–H and O–H groups in total. The first-order chi connectivity index (χ1) is 13.2. The van der Waals surface area contributed by atoms with Gasteiger partial charge in [0, 0.05) is 26.6 Å². The van der Waals surface area contributed by atoms with Crippen LogP contribution in [-0.2, 0) is 31.6 Å². The maximum Gasteiger partial charge on any atom is 0.322 e. The van der Waals surface area contributed by atoms with Crippen molar-refractivity contribution in [1.82, 2.24) is 4.90 Å². The van der Waals surface area contributed by atoms with E-state index in [9.17, 15) is 18.3 Å². The maximum absolute atomic E-state index is 11.9. The van der Waals surface area contributed by atoms with Crippen LogP contribution < -0.4 is 4.18 Å². The molecule has 9 heteroatoms. The number of fused-ring (bicyclic) bond motifs is 1. The van der Waals surface area contributed by atoms with Gasteiger partial charge in [-0.3, -0.25) is 9.69 Å². The van der Waals surface area contributed by atoms with Crippen LogP contribution in [0.1, 0.15) is 17.5 Å². The zero-order valence-electron chi connectivity index (χ0n) is 15.3. The van der Waals surface area contributed by atoms with E-state index >= 15 is 0 Å². The fourth-order valence-corrected chi connectivity index (χ4v) is 5.23. The zero-order valence-corrected chi connectivity index (χ0v) is 16.1. The van der Waals surface area contributed by atoms with Crippen LogP contribution in [0.2, 0.25) is 0 Å². The highest BCUT2D eigenvalue weighted by Gasteiger charge is 2.50. The molecule has 4 rings (SSSR count). The number of hydrogen-bond acceptors (Lipinski definition) is 7. The molecule has 1 spiro atoms. The summed E-state index contributed by atoms with van der Waals surface area (Å²) in [5.41, 5.74) is 2.47. The predicted molar refractivity (Wildman–Crippen MR) is 99.7 cm³/mol. The SMILES string of the molecule is COC1C=CC2=CCN3CCc4cc(OS(=O)(=O)CC(=O)O)c(O)cc4C23C1. The molecule has 3 aliphatic rings. The Balaban J connectivity index is 1.76. The summed E-state index contributed by atoms with van der Waals surface area (Å²) in [4.78, 5) is 13.0. The standard InChI is InChI=1S/C19H21NO7S/c1-26-14-3-2-13-5-7-20-6-4-12-8-17(27-28(24,25)11-18(22)23)16(21)9-15(12)19(13,20)10-14/h2-3,5,8-9,14,21H,4,6-7,10-11H2,1H3,(H,22,23). The van der Waals surface area contributed by atoms with Crippen molar-refractivity contribution in [2.75, 3.05) is 26.0 Å². The average Bonchev–Trinajstić information content (AvgIpc) is 3.00. The molecule has 8 nitrogen and oxygen atoms in total. The van der Waals surface area contributed by atoms with Crippen LogP contribution in [0, 0.1) is 0 Å². The molecule has 0 bridgehead atoms. The topological polar surface area (TPSA) is 113 Å². The van der Waals surface area contributed by atoms with Crippen LogP contribution in [0.15, 0.2) is 35.9 Å². The highest BCUT2D eigenvalue weighted by molar-refractivity contribution is 7.87. The lowest BCUT2D eigenvalue weighted by molar-refractivity contribution is -0.134. The molecule has 1 aromatic carbocycles. The molecule has 1 aromatic rings. The van der Waals surface area contributed by atoms with Crippen molar-refractivity contribution in [2.24, 2.45) is 0 Å². The number of aliphatic carboxylic acids is 1. The highest BCUT2D eigenvalue weighted by atomic mass is 32.2. The second-order valence-corrected chi connectivity index (χ2v) is 8.78. The van der Waals surface area contributed by atoms with E-state index in [1.807, 2.05) is 12.2 Å². The maximum atomic E-state index is 11.9. The molecule has 0 saturated carbocycles. The van der Waals surface area contributed by atoms with Gasteiger partial charge in [0.1, 0.15) is 0 Å². The summed E-state index contributed by atoms with van der Waals surface area (Å²) in [6.07, 6.45) is 7.51. The van der Waals surface area contributed by atoms with Crippen LogP contribution in [0.5, 0.6) is 11.5 Å². The van der Waals surface area contributed by atoms with Crippen LogP contribution in [0.4, 0.5) is 0 Å².